The molecular weight excluding hydrogens is 448 g/mol. The van der Waals surface area contributed by atoms with Gasteiger partial charge in [0.2, 0.25) is 5.88 Å². The molecule has 0 aliphatic heterocycles. The van der Waals surface area contributed by atoms with E-state index in [1.807, 2.05) is 41.8 Å². The van der Waals surface area contributed by atoms with Crippen LogP contribution in [0.15, 0.2) is 71.5 Å². The summed E-state index contributed by atoms with van der Waals surface area (Å²) in [4.78, 5) is 22.6. The van der Waals surface area contributed by atoms with Crippen molar-refractivity contribution in [3.63, 3.8) is 0 Å². The predicted molar refractivity (Wildman–Crippen MR) is 130 cm³/mol. The molecule has 176 valence electrons. The number of hydrogen-bond donors (Lipinski definition) is 2. The third-order valence-electron chi connectivity index (χ3n) is 5.45. The van der Waals surface area contributed by atoms with E-state index in [-0.39, 0.29) is 5.82 Å². The van der Waals surface area contributed by atoms with Gasteiger partial charge in [0.1, 0.15) is 11.3 Å². The number of carbonyl (C=O) groups is 1. The minimum absolute atomic E-state index is 0.158. The number of imidazole rings is 1. The Bertz CT molecular complexity index is 1500. The van der Waals surface area contributed by atoms with Gasteiger partial charge >= 0.3 is 6.03 Å². The second-order valence-corrected chi connectivity index (χ2v) is 7.70. The minimum Gasteiger partial charge on any atom is -0.439 e. The summed E-state index contributed by atoms with van der Waals surface area (Å²) in [6, 6.07) is 17.9. The van der Waals surface area contributed by atoms with Gasteiger partial charge in [0.15, 0.2) is 17.3 Å². The summed E-state index contributed by atoms with van der Waals surface area (Å²) in [5.41, 5.74) is 14.9. The maximum Gasteiger partial charge on any atom is 0.319 e. The number of ether oxygens (including phenoxy) is 1. The summed E-state index contributed by atoms with van der Waals surface area (Å²) in [5.74, 6) is 1.54. The quantitative estimate of drug-likeness (QED) is 0.363. The van der Waals surface area contributed by atoms with E-state index in [0.717, 1.165) is 11.1 Å². The second-order valence-electron chi connectivity index (χ2n) is 7.70. The van der Waals surface area contributed by atoms with Gasteiger partial charge in [-0.3, -0.25) is 4.90 Å². The number of benzene rings is 2. The molecule has 0 fully saturated rings. The number of aryl methyl sites for hydroxylation is 1. The number of nitrogens with zero attached hydrogens (tertiary/aromatic N) is 6. The van der Waals surface area contributed by atoms with Crippen LogP contribution in [0.3, 0.4) is 0 Å². The van der Waals surface area contributed by atoms with Crippen molar-refractivity contribution in [1.82, 2.24) is 24.8 Å². The first kappa shape index (κ1) is 21.9. The molecule has 35 heavy (non-hydrogen) atoms. The van der Waals surface area contributed by atoms with Crippen molar-refractivity contribution in [2.24, 2.45) is 5.73 Å². The predicted octanol–water partition coefficient (Wildman–Crippen LogP) is 3.96. The number of nitrogens with two attached hydrogens (primary N) is 2. The highest BCUT2D eigenvalue weighted by molar-refractivity contribution is 5.90. The van der Waals surface area contributed by atoms with Crippen molar-refractivity contribution in [3.8, 4) is 23.1 Å². The second kappa shape index (κ2) is 9.14. The van der Waals surface area contributed by atoms with Gasteiger partial charge in [-0.1, -0.05) is 36.4 Å². The summed E-state index contributed by atoms with van der Waals surface area (Å²) in [6.07, 6.45) is 1.61. The summed E-state index contributed by atoms with van der Waals surface area (Å²) in [5, 5.41) is 7.50. The number of fused-ring (bicyclic) bond motifs is 1. The van der Waals surface area contributed by atoms with Gasteiger partial charge in [-0.25, -0.2) is 19.4 Å². The van der Waals surface area contributed by atoms with Crippen molar-refractivity contribution < 1.29 is 14.2 Å². The lowest BCUT2D eigenvalue weighted by Gasteiger charge is -2.21. The molecule has 5 aromatic rings. The zero-order valence-corrected chi connectivity index (χ0v) is 18.8. The van der Waals surface area contributed by atoms with Gasteiger partial charge < -0.3 is 20.8 Å². The van der Waals surface area contributed by atoms with E-state index in [9.17, 15) is 4.79 Å². The highest BCUT2D eigenvalue weighted by Crippen LogP contribution is 2.30. The van der Waals surface area contributed by atoms with E-state index in [1.54, 1.807) is 36.5 Å². The van der Waals surface area contributed by atoms with Crippen molar-refractivity contribution in [3.05, 3.63) is 72.4 Å². The standard InChI is InChI=1S/C24H22N8O3/c1-2-31-19-12-20(27-13-18(19)28-23(31)21-22(25)30-35-29-21)34-17-10-6-9-16(11-17)32(24(26)33)14-15-7-4-3-5-8-15/h3-13H,2,14H2,1H3,(H2,25,30)(H2,26,33). The molecule has 3 heterocycles. The Morgan fingerprint density at radius 1 is 1.11 bits per heavy atom. The van der Waals surface area contributed by atoms with E-state index in [4.69, 9.17) is 20.8 Å². The van der Waals surface area contributed by atoms with Gasteiger partial charge in [0.25, 0.3) is 0 Å². The number of aromatic nitrogens is 5. The van der Waals surface area contributed by atoms with Crippen molar-refractivity contribution in [2.75, 3.05) is 10.6 Å². The van der Waals surface area contributed by atoms with E-state index < -0.39 is 6.03 Å². The molecule has 4 N–H and O–H groups in total. The average Bonchev–Trinajstić information content (AvgIpc) is 3.45. The Hall–Kier alpha value is -4.93. The highest BCUT2D eigenvalue weighted by atomic mass is 16.6. The SMILES string of the molecule is CCn1c(-c2nonc2N)nc2cnc(Oc3cccc(N(Cc4ccccc4)C(N)=O)c3)cc21. The maximum absolute atomic E-state index is 12.2. The smallest absolute Gasteiger partial charge is 0.319 e. The fraction of sp³-hybridized carbons (Fsp3) is 0.125. The zero-order chi connectivity index (χ0) is 24.4. The number of anilines is 2. The van der Waals surface area contributed by atoms with Gasteiger partial charge in [-0.05, 0) is 34.9 Å². The molecule has 0 aliphatic rings. The molecule has 0 atom stereocenters. The summed E-state index contributed by atoms with van der Waals surface area (Å²) in [7, 11) is 0. The molecule has 0 aliphatic carbocycles. The van der Waals surface area contributed by atoms with Gasteiger partial charge in [-0.2, -0.15) is 0 Å². The number of pyridine rings is 1. The van der Waals surface area contributed by atoms with Crippen molar-refractivity contribution in [2.45, 2.75) is 20.0 Å². The molecule has 0 saturated heterocycles. The molecule has 2 aromatic carbocycles. The Labute approximate surface area is 199 Å². The molecule has 3 aromatic heterocycles. The van der Waals surface area contributed by atoms with Crippen LogP contribution in [0, 0.1) is 0 Å². The minimum atomic E-state index is -0.563. The van der Waals surface area contributed by atoms with Gasteiger partial charge in [0.05, 0.1) is 18.3 Å². The molecule has 0 bridgehead atoms. The van der Waals surface area contributed by atoms with Gasteiger partial charge in [-0.15, -0.1) is 0 Å². The van der Waals surface area contributed by atoms with Crippen LogP contribution in [0.5, 0.6) is 11.6 Å². The van der Waals surface area contributed by atoms with Crippen LogP contribution in [-0.4, -0.2) is 30.9 Å². The third-order valence-corrected chi connectivity index (χ3v) is 5.45. The number of amides is 2. The molecule has 0 spiro atoms. The van der Waals surface area contributed by atoms with E-state index >= 15 is 0 Å². The zero-order valence-electron chi connectivity index (χ0n) is 18.8. The fourth-order valence-electron chi connectivity index (χ4n) is 3.82. The lowest BCUT2D eigenvalue weighted by molar-refractivity contribution is 0.253. The number of urea groups is 1. The monoisotopic (exact) mass is 470 g/mol. The van der Waals surface area contributed by atoms with Gasteiger partial charge in [0, 0.05) is 24.4 Å². The molecule has 11 nitrogen and oxygen atoms in total. The first-order valence-electron chi connectivity index (χ1n) is 10.9. The Morgan fingerprint density at radius 2 is 1.94 bits per heavy atom. The number of hydrogen-bond acceptors (Lipinski definition) is 8. The first-order chi connectivity index (χ1) is 17.0. The Morgan fingerprint density at radius 3 is 2.66 bits per heavy atom. The van der Waals surface area contributed by atoms with Crippen molar-refractivity contribution >= 4 is 28.6 Å². The molecule has 0 unspecified atom stereocenters. The van der Waals surface area contributed by atoms with Crippen LogP contribution in [0.4, 0.5) is 16.3 Å². The van der Waals surface area contributed by atoms with Crippen LogP contribution in [0.25, 0.3) is 22.6 Å². The van der Waals surface area contributed by atoms with Crippen LogP contribution >= 0.6 is 0 Å². The third kappa shape index (κ3) is 4.34. The topological polar surface area (TPSA) is 151 Å². The summed E-state index contributed by atoms with van der Waals surface area (Å²) >= 11 is 0. The van der Waals surface area contributed by atoms with Crippen LogP contribution in [0.2, 0.25) is 0 Å². The average molecular weight is 470 g/mol. The molecule has 5 rings (SSSR count). The molecule has 0 saturated carbocycles. The summed E-state index contributed by atoms with van der Waals surface area (Å²) < 4.78 is 12.7. The number of primary amides is 1. The fourth-order valence-corrected chi connectivity index (χ4v) is 3.82. The largest absolute Gasteiger partial charge is 0.439 e. The lowest BCUT2D eigenvalue weighted by atomic mass is 10.2. The number of carbonyl (C=O) groups excluding carboxylic acids is 1. The van der Waals surface area contributed by atoms with Crippen LogP contribution in [-0.2, 0) is 13.1 Å². The molecule has 2 amide bonds. The first-order valence-corrected chi connectivity index (χ1v) is 10.9. The molecule has 0 radical (unpaired) electrons. The lowest BCUT2D eigenvalue weighted by Crippen LogP contribution is -2.35. The number of nitrogen functional groups attached to an aromatic ring is 1. The normalized spacial score (nSPS) is 11.0. The Kier molecular flexibility index (Phi) is 5.71. The van der Waals surface area contributed by atoms with E-state index in [0.29, 0.717) is 47.4 Å². The van der Waals surface area contributed by atoms with Crippen LogP contribution < -0.4 is 21.1 Å². The van der Waals surface area contributed by atoms with E-state index in [1.165, 1.54) is 4.90 Å². The van der Waals surface area contributed by atoms with Crippen molar-refractivity contribution in [1.29, 1.82) is 0 Å². The molecule has 11 heteroatoms. The van der Waals surface area contributed by atoms with Crippen LogP contribution in [0.1, 0.15) is 12.5 Å². The number of rotatable bonds is 7. The van der Waals surface area contributed by atoms with E-state index in [2.05, 4.69) is 20.3 Å². The maximum atomic E-state index is 12.2. The Balaban J connectivity index is 1.44. The molecular formula is C24H22N8O3. The highest BCUT2D eigenvalue weighted by Gasteiger charge is 2.19. The summed E-state index contributed by atoms with van der Waals surface area (Å²) in [6.45, 7) is 2.91.